The highest BCUT2D eigenvalue weighted by molar-refractivity contribution is 4.77. The fraction of sp³-hybridized carbons (Fsp3) is 0. The Bertz CT molecular complexity index is 309. The first-order valence-electron chi connectivity index (χ1n) is 3.37. The molecule has 0 aromatic carbocycles. The Labute approximate surface area is 68.1 Å². The third-order valence-corrected chi connectivity index (χ3v) is 1.20. The van der Waals surface area contributed by atoms with Crippen molar-refractivity contribution in [1.82, 2.24) is 19.8 Å². The lowest BCUT2D eigenvalue weighted by molar-refractivity contribution is 0.589. The van der Waals surface area contributed by atoms with Gasteiger partial charge in [-0.3, -0.25) is 0 Å². The molecule has 0 amide bonds. The van der Waals surface area contributed by atoms with Crippen LogP contribution in [0.3, 0.4) is 0 Å². The predicted molar refractivity (Wildman–Crippen MR) is 40.1 cm³/mol. The van der Waals surface area contributed by atoms with Crippen LogP contribution < -0.4 is 0 Å². The van der Waals surface area contributed by atoms with Crippen molar-refractivity contribution in [3.8, 4) is 0 Å². The van der Waals surface area contributed by atoms with E-state index in [9.17, 15) is 0 Å². The van der Waals surface area contributed by atoms with Crippen LogP contribution in [0.4, 0.5) is 0 Å². The minimum absolute atomic E-state index is 1.35. The van der Waals surface area contributed by atoms with Gasteiger partial charge in [0.05, 0.1) is 24.8 Å². The van der Waals surface area contributed by atoms with Gasteiger partial charge in [0.15, 0.2) is 0 Å². The summed E-state index contributed by atoms with van der Waals surface area (Å²) in [5.74, 6) is 0. The molecule has 0 spiro atoms. The predicted octanol–water partition coefficient (Wildman–Crippen LogP) is 0.758. The van der Waals surface area contributed by atoms with Crippen LogP contribution in [0, 0.1) is 0 Å². The van der Waals surface area contributed by atoms with E-state index in [2.05, 4.69) is 20.6 Å². The Morgan fingerprint density at radius 3 is 1.67 bits per heavy atom. The summed E-state index contributed by atoms with van der Waals surface area (Å²) in [7, 11) is 0. The van der Waals surface area contributed by atoms with Crippen LogP contribution in [0.15, 0.2) is 47.4 Å². The zero-order chi connectivity index (χ0) is 8.23. The van der Waals surface area contributed by atoms with E-state index in [0.29, 0.717) is 0 Å². The molecular formula is C6H6N6. The van der Waals surface area contributed by atoms with Gasteiger partial charge in [0.25, 0.3) is 0 Å². The fourth-order valence-electron chi connectivity index (χ4n) is 0.709. The SMILES string of the molecule is c1cnn(N=Nn2cccn2)c1. The number of aromatic nitrogens is 4. The molecular weight excluding hydrogens is 156 g/mol. The number of nitrogens with zero attached hydrogens (tertiary/aromatic N) is 6. The van der Waals surface area contributed by atoms with Gasteiger partial charge in [-0.1, -0.05) is 0 Å². The van der Waals surface area contributed by atoms with Gasteiger partial charge < -0.3 is 0 Å². The van der Waals surface area contributed by atoms with Crippen LogP contribution in [0.5, 0.6) is 0 Å². The molecule has 0 aliphatic carbocycles. The first kappa shape index (κ1) is 6.71. The van der Waals surface area contributed by atoms with Crippen molar-refractivity contribution in [1.29, 1.82) is 0 Å². The van der Waals surface area contributed by atoms with E-state index in [1.54, 1.807) is 36.9 Å². The topological polar surface area (TPSA) is 60.4 Å². The van der Waals surface area contributed by atoms with Crippen LogP contribution in [0.1, 0.15) is 0 Å². The molecule has 2 aromatic heterocycles. The van der Waals surface area contributed by atoms with Crippen LogP contribution in [0.25, 0.3) is 0 Å². The second kappa shape index (κ2) is 2.95. The highest BCUT2D eigenvalue weighted by Crippen LogP contribution is 1.87. The molecule has 0 saturated carbocycles. The summed E-state index contributed by atoms with van der Waals surface area (Å²) in [6.45, 7) is 0. The van der Waals surface area contributed by atoms with Gasteiger partial charge in [-0.25, -0.2) is 0 Å². The maximum atomic E-state index is 3.83. The maximum absolute atomic E-state index is 3.83. The molecule has 0 radical (unpaired) electrons. The zero-order valence-corrected chi connectivity index (χ0v) is 6.15. The molecule has 6 heteroatoms. The molecule has 0 unspecified atom stereocenters. The number of hydrogen-bond acceptors (Lipinski definition) is 4. The van der Waals surface area contributed by atoms with E-state index in [0.717, 1.165) is 0 Å². The van der Waals surface area contributed by atoms with E-state index >= 15 is 0 Å². The fourth-order valence-corrected chi connectivity index (χ4v) is 0.709. The second-order valence-corrected chi connectivity index (χ2v) is 2.03. The van der Waals surface area contributed by atoms with Gasteiger partial charge in [0, 0.05) is 0 Å². The van der Waals surface area contributed by atoms with Crippen molar-refractivity contribution >= 4 is 0 Å². The molecule has 0 aliphatic heterocycles. The average molecular weight is 162 g/mol. The van der Waals surface area contributed by atoms with Gasteiger partial charge >= 0.3 is 0 Å². The highest BCUT2D eigenvalue weighted by atomic mass is 15.7. The van der Waals surface area contributed by atoms with E-state index in [4.69, 9.17) is 0 Å². The number of hydrogen-bond donors (Lipinski definition) is 0. The first-order valence-corrected chi connectivity index (χ1v) is 3.37. The van der Waals surface area contributed by atoms with E-state index in [1.807, 2.05) is 0 Å². The van der Waals surface area contributed by atoms with Crippen molar-refractivity contribution in [2.45, 2.75) is 0 Å². The van der Waals surface area contributed by atoms with E-state index in [-0.39, 0.29) is 0 Å². The molecule has 12 heavy (non-hydrogen) atoms. The molecule has 0 aliphatic rings. The zero-order valence-electron chi connectivity index (χ0n) is 6.15. The normalized spacial score (nSPS) is 11.0. The van der Waals surface area contributed by atoms with Gasteiger partial charge in [-0.15, -0.1) is 9.58 Å². The standard InChI is InChI=1S/C6H6N6/c1-3-7-11(5-1)9-10-12-6-2-4-8-12/h1-6H. The summed E-state index contributed by atoms with van der Waals surface area (Å²) in [6, 6.07) is 3.53. The molecule has 0 saturated heterocycles. The highest BCUT2D eigenvalue weighted by Gasteiger charge is 1.84. The lowest BCUT2D eigenvalue weighted by atomic mass is 10.8. The smallest absolute Gasteiger partial charge is 0.0529 e. The molecule has 6 nitrogen and oxygen atoms in total. The Balaban J connectivity index is 2.14. The Kier molecular flexibility index (Phi) is 1.65. The summed E-state index contributed by atoms with van der Waals surface area (Å²) in [6.07, 6.45) is 6.63. The van der Waals surface area contributed by atoms with Gasteiger partial charge in [0.1, 0.15) is 0 Å². The minimum Gasteiger partial charge on any atom is -0.158 e. The van der Waals surface area contributed by atoms with Gasteiger partial charge in [-0.2, -0.15) is 10.2 Å². The summed E-state index contributed by atoms with van der Waals surface area (Å²) < 4.78 is 0. The van der Waals surface area contributed by atoms with Crippen molar-refractivity contribution in [3.63, 3.8) is 0 Å². The third-order valence-electron chi connectivity index (χ3n) is 1.20. The Morgan fingerprint density at radius 1 is 0.833 bits per heavy atom. The molecule has 2 rings (SSSR count). The third kappa shape index (κ3) is 1.36. The lowest BCUT2D eigenvalue weighted by Crippen LogP contribution is -1.91. The molecule has 60 valence electrons. The van der Waals surface area contributed by atoms with Crippen LogP contribution in [-0.2, 0) is 0 Å². The number of rotatable bonds is 2. The second-order valence-electron chi connectivity index (χ2n) is 2.03. The lowest BCUT2D eigenvalue weighted by Gasteiger charge is -1.87. The molecule has 0 atom stereocenters. The van der Waals surface area contributed by atoms with Gasteiger partial charge in [-0.05, 0) is 22.6 Å². The Hall–Kier alpha value is -1.98. The van der Waals surface area contributed by atoms with Gasteiger partial charge in [0.2, 0.25) is 0 Å². The van der Waals surface area contributed by atoms with Crippen LogP contribution in [0.2, 0.25) is 0 Å². The van der Waals surface area contributed by atoms with E-state index in [1.165, 1.54) is 9.58 Å². The summed E-state index contributed by atoms with van der Waals surface area (Å²) in [5, 5.41) is 15.1. The summed E-state index contributed by atoms with van der Waals surface area (Å²) >= 11 is 0. The monoisotopic (exact) mass is 162 g/mol. The van der Waals surface area contributed by atoms with Crippen molar-refractivity contribution in [3.05, 3.63) is 36.9 Å². The average Bonchev–Trinajstić information content (AvgIpc) is 2.74. The van der Waals surface area contributed by atoms with Crippen molar-refractivity contribution in [2.24, 2.45) is 10.4 Å². The minimum atomic E-state index is 1.35. The molecule has 0 N–H and O–H groups in total. The summed E-state index contributed by atoms with van der Waals surface area (Å²) in [4.78, 5) is 2.70. The quantitative estimate of drug-likeness (QED) is 0.612. The Morgan fingerprint density at radius 2 is 1.33 bits per heavy atom. The molecule has 2 aromatic rings. The maximum Gasteiger partial charge on any atom is 0.0529 e. The molecule has 2 heterocycles. The van der Waals surface area contributed by atoms with Crippen molar-refractivity contribution < 1.29 is 0 Å². The van der Waals surface area contributed by atoms with Crippen LogP contribution >= 0.6 is 0 Å². The largest absolute Gasteiger partial charge is 0.158 e. The van der Waals surface area contributed by atoms with Crippen LogP contribution in [-0.4, -0.2) is 19.8 Å². The molecule has 0 bridgehead atoms. The van der Waals surface area contributed by atoms with E-state index < -0.39 is 0 Å². The van der Waals surface area contributed by atoms with Crippen molar-refractivity contribution in [2.75, 3.05) is 0 Å². The first-order chi connectivity index (χ1) is 5.95. The molecule has 0 fully saturated rings. The summed E-state index contributed by atoms with van der Waals surface area (Å²) in [5.41, 5.74) is 0.